The molecular formula is C44H46FeN2P2. The fourth-order valence-corrected chi connectivity index (χ4v) is 115. The summed E-state index contributed by atoms with van der Waals surface area (Å²) in [5.74, 6) is 0. The molecule has 10 aliphatic heterocycles. The molecule has 2 aromatic heterocycles. The van der Waals surface area contributed by atoms with Crippen LogP contribution in [0.1, 0.15) is 58.5 Å². The second kappa shape index (κ2) is 4.46. The van der Waals surface area contributed by atoms with Crippen LogP contribution in [-0.2, 0) is 16.0 Å². The molecular weight excluding hydrogens is 674 g/mol. The van der Waals surface area contributed by atoms with Crippen molar-refractivity contribution in [1.82, 2.24) is 9.97 Å². The molecule has 0 aliphatic carbocycles. The van der Waals surface area contributed by atoms with E-state index in [9.17, 15) is 0 Å². The van der Waals surface area contributed by atoms with E-state index in [1.807, 2.05) is 0 Å². The van der Waals surface area contributed by atoms with Gasteiger partial charge in [-0.25, -0.2) is 0 Å². The average molecular weight is 721 g/mol. The van der Waals surface area contributed by atoms with E-state index in [-0.39, 0.29) is 13.1 Å². The molecule has 10 aliphatic rings. The standard InChI is InChI=1S/C39H41N2P2.C5H5.Fe/c1-37(2,3)43(38(4,5)6)26-31-24-30(27-14-8-7-9-15-27)25-32(31)39(42,35-22-20-28-16-10-12-18-33(28)40-35)36-23-21-29-17-11-13-19-34(29)41-36;1-2-4-5-3-1;/h7-25H,26,42H2,1-6H3;1-5H;. The van der Waals surface area contributed by atoms with Crippen molar-refractivity contribution < 1.29 is 6.51 Å². The van der Waals surface area contributed by atoms with E-state index in [0.717, 1.165) is 44.7 Å². The number of hydrogen-bond donors (Lipinski definition) is 0. The van der Waals surface area contributed by atoms with Gasteiger partial charge in [-0.1, -0.05) is 0 Å². The van der Waals surface area contributed by atoms with Crippen LogP contribution < -0.4 is 0 Å². The van der Waals surface area contributed by atoms with Crippen LogP contribution in [0.2, 0.25) is 42.3 Å². The topological polar surface area (TPSA) is 25.8 Å². The van der Waals surface area contributed by atoms with Gasteiger partial charge in [0.1, 0.15) is 0 Å². The van der Waals surface area contributed by atoms with E-state index in [4.69, 9.17) is 9.97 Å². The SMILES string of the molecule is CC(C)(C)P(C[C]12[CH]3[C]4(c5ccccc5)[CH]5[C]1(C(P)(c1ccc6ccccc6n1)c1ccc6ccccc6n1)[Fe]35421678[CH]2[CH]1[CH]6[CH]7[CH]28)C(C)(C)C. The van der Waals surface area contributed by atoms with Gasteiger partial charge in [0.15, 0.2) is 0 Å². The summed E-state index contributed by atoms with van der Waals surface area (Å²) in [6.07, 6.45) is 1.51. The minimum absolute atomic E-state index is 0.229. The van der Waals surface area contributed by atoms with Crippen molar-refractivity contribution in [3.8, 4) is 0 Å². The summed E-state index contributed by atoms with van der Waals surface area (Å²) in [6.45, 7) is 11.1. The molecule has 15 rings (SSSR count). The zero-order valence-electron chi connectivity index (χ0n) is 29.3. The minimum atomic E-state index is -4.51. The van der Waals surface area contributed by atoms with Crippen LogP contribution in [-0.4, -0.2) is 26.4 Å². The third kappa shape index (κ3) is 0.811. The van der Waals surface area contributed by atoms with Gasteiger partial charge in [0.05, 0.1) is 0 Å². The third-order valence-electron chi connectivity index (χ3n) is 23.1. The summed E-state index contributed by atoms with van der Waals surface area (Å²) in [5, 5.41) is 2.86. The molecule has 49 heavy (non-hydrogen) atoms. The molecule has 0 N–H and O–H groups in total. The van der Waals surface area contributed by atoms with Crippen LogP contribution in [0.5, 0.6) is 0 Å². The van der Waals surface area contributed by atoms with Gasteiger partial charge in [-0.2, -0.15) is 0 Å². The fraction of sp³-hybridized carbons (Fsp3) is 0.455. The maximum absolute atomic E-state index is 5.76. The summed E-state index contributed by atoms with van der Waals surface area (Å²) in [6, 6.07) is 39.6. The Kier molecular flexibility index (Phi) is 2.42. The Morgan fingerprint density at radius 1 is 0.612 bits per heavy atom. The number of pyridine rings is 2. The molecule has 6 unspecified atom stereocenters. The molecule has 0 amide bonds. The quantitative estimate of drug-likeness (QED) is 0.129. The fourth-order valence-electron chi connectivity index (χ4n) is 25.2. The Balaban J connectivity index is 1.10. The molecule has 5 heteroatoms. The molecule has 3 aromatic carbocycles. The van der Waals surface area contributed by atoms with Crippen LogP contribution in [0.15, 0.2) is 103 Å². The van der Waals surface area contributed by atoms with Crippen molar-refractivity contribution in [2.24, 2.45) is 0 Å². The number of aromatic nitrogens is 2. The summed E-state index contributed by atoms with van der Waals surface area (Å²) < 4.78 is 1.46. The van der Waals surface area contributed by atoms with E-state index in [2.05, 4.69) is 154 Å². The molecule has 6 atom stereocenters. The molecule has 12 heterocycles. The molecule has 5 aromatic rings. The van der Waals surface area contributed by atoms with Crippen molar-refractivity contribution >= 4 is 39.0 Å². The molecule has 1 spiro atoms. The molecule has 2 nitrogen and oxygen atoms in total. The van der Waals surface area contributed by atoms with Crippen LogP contribution in [0.3, 0.4) is 0 Å². The van der Waals surface area contributed by atoms with E-state index in [1.165, 1.54) is 28.3 Å². The Bertz CT molecular complexity index is 2780. The number of fused-ring (bicyclic) bond motifs is 12. The number of hydrogen-bond acceptors (Lipinski definition) is 2. The third-order valence-corrected chi connectivity index (χ3v) is 72.7. The van der Waals surface area contributed by atoms with Gasteiger partial charge in [-0.05, 0) is 0 Å². The summed E-state index contributed by atoms with van der Waals surface area (Å²) in [4.78, 5) is 19.0. The van der Waals surface area contributed by atoms with Crippen LogP contribution >= 0.6 is 17.2 Å². The Labute approximate surface area is 283 Å². The van der Waals surface area contributed by atoms with Crippen molar-refractivity contribution in [1.29, 1.82) is 0 Å². The monoisotopic (exact) mass is 720 g/mol. The van der Waals surface area contributed by atoms with Gasteiger partial charge in [-0.3, -0.25) is 0 Å². The summed E-state index contributed by atoms with van der Waals surface area (Å²) in [5.41, 5.74) is 6.66. The number of rotatable bonds is 6. The van der Waals surface area contributed by atoms with Gasteiger partial charge in [-0.15, -0.1) is 0 Å². The first kappa shape index (κ1) is 26.6. The molecule has 250 valence electrons. The number of benzene rings is 3. The maximum atomic E-state index is 5.76. The van der Waals surface area contributed by atoms with E-state index < -0.39 is 6.51 Å². The zero-order chi connectivity index (χ0) is 33.1. The Hall–Kier alpha value is -2.14. The number of nitrogens with zero attached hydrogens (tertiary/aromatic N) is 2. The molecule has 0 radical (unpaired) electrons. The Morgan fingerprint density at radius 3 is 1.55 bits per heavy atom. The second-order valence-corrected chi connectivity index (χ2v) is 49.6. The van der Waals surface area contributed by atoms with Crippen molar-refractivity contribution in [3.63, 3.8) is 0 Å². The first-order chi connectivity index (χ1) is 23.2. The second-order valence-electron chi connectivity index (χ2n) is 21.9. The van der Waals surface area contributed by atoms with Crippen LogP contribution in [0.4, 0.5) is 0 Å². The first-order valence-electron chi connectivity index (χ1n) is 18.7. The normalized spacial score (nSPS) is 53.3. The summed E-state index contributed by atoms with van der Waals surface area (Å²) >= 11 is 0. The predicted octanol–water partition coefficient (Wildman–Crippen LogP) is 12.2. The Morgan fingerprint density at radius 2 is 1.08 bits per heavy atom. The molecule has 0 bridgehead atoms. The first-order valence-corrected chi connectivity index (χ1v) is 26.9. The predicted molar refractivity (Wildman–Crippen MR) is 205 cm³/mol. The van der Waals surface area contributed by atoms with Crippen LogP contribution in [0, 0.1) is 0 Å². The van der Waals surface area contributed by atoms with E-state index in [1.54, 1.807) is 5.56 Å². The van der Waals surface area contributed by atoms with Gasteiger partial charge in [0, 0.05) is 0 Å². The zero-order valence-corrected chi connectivity index (χ0v) is 32.5. The van der Waals surface area contributed by atoms with Crippen molar-refractivity contribution in [3.05, 3.63) is 120 Å². The molecule has 10 fully saturated rings. The van der Waals surface area contributed by atoms with Crippen molar-refractivity contribution in [2.45, 2.75) is 104 Å². The van der Waals surface area contributed by atoms with Gasteiger partial charge in [0.2, 0.25) is 0 Å². The van der Waals surface area contributed by atoms with Gasteiger partial charge < -0.3 is 0 Å². The molecule has 0 saturated carbocycles. The van der Waals surface area contributed by atoms with Crippen LogP contribution in [0.25, 0.3) is 21.8 Å². The summed E-state index contributed by atoms with van der Waals surface area (Å²) in [7, 11) is 3.51. The van der Waals surface area contributed by atoms with Gasteiger partial charge in [0.25, 0.3) is 0 Å². The van der Waals surface area contributed by atoms with Gasteiger partial charge >= 0.3 is 285 Å². The van der Waals surface area contributed by atoms with E-state index >= 15 is 0 Å². The van der Waals surface area contributed by atoms with Crippen molar-refractivity contribution in [2.75, 3.05) is 6.16 Å². The average Bonchev–Trinajstić information content (AvgIpc) is 4.04. The number of para-hydroxylation sites is 2. The molecule has 10 saturated heterocycles. The van der Waals surface area contributed by atoms with E-state index in [0.29, 0.717) is 23.3 Å².